The van der Waals surface area contributed by atoms with E-state index < -0.39 is 32.3 Å². The summed E-state index contributed by atoms with van der Waals surface area (Å²) in [5, 5.41) is 5.37. The highest BCUT2D eigenvalue weighted by Crippen LogP contribution is 2.24. The Hall–Kier alpha value is -2.16. The molecule has 0 aliphatic heterocycles. The van der Waals surface area contributed by atoms with E-state index in [0.717, 1.165) is 18.2 Å². The van der Waals surface area contributed by atoms with Gasteiger partial charge in [-0.2, -0.15) is 0 Å². The molecule has 2 aromatic carbocycles. The van der Waals surface area contributed by atoms with Crippen molar-refractivity contribution in [1.82, 2.24) is 0 Å². The zero-order chi connectivity index (χ0) is 17.9. The van der Waals surface area contributed by atoms with Crippen LogP contribution in [0.5, 0.6) is 5.75 Å². The number of benzene rings is 2. The molecular formula is C15H13ClFNO5S. The molecular weight excluding hydrogens is 361 g/mol. The standard InChI is InChI=1S/C15H13ClFNO5S/c1-22-14-5-2-10(16)6-9(14)8-23-15(19)12-7-11(24(18,20)21)3-4-13(12)17/h2-7H,8H2,1H3,(H2,18,20,21). The smallest absolute Gasteiger partial charge is 0.341 e. The molecule has 0 saturated heterocycles. The molecule has 2 aromatic rings. The van der Waals surface area contributed by atoms with Crippen molar-refractivity contribution in [2.45, 2.75) is 11.5 Å². The Morgan fingerprint density at radius 1 is 1.25 bits per heavy atom. The first-order valence-electron chi connectivity index (χ1n) is 6.54. The molecule has 0 aliphatic carbocycles. The molecule has 0 fully saturated rings. The van der Waals surface area contributed by atoms with Gasteiger partial charge in [0.1, 0.15) is 18.2 Å². The summed E-state index contributed by atoms with van der Waals surface area (Å²) in [5.41, 5.74) is -0.0659. The van der Waals surface area contributed by atoms with Gasteiger partial charge in [0.25, 0.3) is 0 Å². The van der Waals surface area contributed by atoms with Crippen LogP contribution in [0, 0.1) is 5.82 Å². The average Bonchev–Trinajstić information content (AvgIpc) is 2.52. The molecule has 0 radical (unpaired) electrons. The molecule has 0 unspecified atom stereocenters. The van der Waals surface area contributed by atoms with Gasteiger partial charge in [-0.05, 0) is 36.4 Å². The lowest BCUT2D eigenvalue weighted by atomic mass is 10.2. The second-order valence-electron chi connectivity index (χ2n) is 4.72. The number of rotatable bonds is 5. The first kappa shape index (κ1) is 18.2. The maximum Gasteiger partial charge on any atom is 0.341 e. The first-order valence-corrected chi connectivity index (χ1v) is 8.46. The van der Waals surface area contributed by atoms with Gasteiger partial charge in [0.2, 0.25) is 10.0 Å². The highest BCUT2D eigenvalue weighted by atomic mass is 35.5. The maximum atomic E-state index is 13.8. The third-order valence-corrected chi connectivity index (χ3v) is 4.23. The second kappa shape index (κ2) is 7.16. The van der Waals surface area contributed by atoms with Gasteiger partial charge >= 0.3 is 5.97 Å². The van der Waals surface area contributed by atoms with E-state index in [1.807, 2.05) is 0 Å². The monoisotopic (exact) mass is 373 g/mol. The molecule has 0 bridgehead atoms. The van der Waals surface area contributed by atoms with Crippen LogP contribution in [0.15, 0.2) is 41.3 Å². The van der Waals surface area contributed by atoms with E-state index in [-0.39, 0.29) is 6.61 Å². The van der Waals surface area contributed by atoms with Crippen molar-refractivity contribution in [1.29, 1.82) is 0 Å². The van der Waals surface area contributed by atoms with Crippen LogP contribution in [0.1, 0.15) is 15.9 Å². The molecule has 0 aromatic heterocycles. The number of carbonyl (C=O) groups excluding carboxylic acids is 1. The number of ether oxygens (including phenoxy) is 2. The van der Waals surface area contributed by atoms with Crippen LogP contribution in [0.4, 0.5) is 4.39 Å². The Labute approximate surface area is 143 Å². The quantitative estimate of drug-likeness (QED) is 0.812. The van der Waals surface area contributed by atoms with Gasteiger partial charge in [-0.1, -0.05) is 11.6 Å². The van der Waals surface area contributed by atoms with Gasteiger partial charge in [0, 0.05) is 10.6 Å². The van der Waals surface area contributed by atoms with E-state index in [9.17, 15) is 17.6 Å². The summed E-state index contributed by atoms with van der Waals surface area (Å²) in [6.07, 6.45) is 0. The second-order valence-corrected chi connectivity index (χ2v) is 6.72. The average molecular weight is 374 g/mol. The number of sulfonamides is 1. The molecule has 0 spiro atoms. The highest BCUT2D eigenvalue weighted by Gasteiger charge is 2.18. The van der Waals surface area contributed by atoms with Crippen LogP contribution in [0.3, 0.4) is 0 Å². The van der Waals surface area contributed by atoms with E-state index >= 15 is 0 Å². The van der Waals surface area contributed by atoms with Crippen LogP contribution in [-0.2, 0) is 21.4 Å². The minimum Gasteiger partial charge on any atom is -0.496 e. The van der Waals surface area contributed by atoms with Gasteiger partial charge in [-0.25, -0.2) is 22.7 Å². The fourth-order valence-corrected chi connectivity index (χ4v) is 2.65. The predicted octanol–water partition coefficient (Wildman–Crippen LogP) is 2.49. The van der Waals surface area contributed by atoms with Gasteiger partial charge in [-0.3, -0.25) is 0 Å². The SMILES string of the molecule is COc1ccc(Cl)cc1COC(=O)c1cc(S(N)(=O)=O)ccc1F. The molecule has 0 atom stereocenters. The molecule has 9 heteroatoms. The van der Waals surface area contributed by atoms with Crippen molar-refractivity contribution in [2.24, 2.45) is 5.14 Å². The summed E-state index contributed by atoms with van der Waals surface area (Å²) >= 11 is 5.87. The topological polar surface area (TPSA) is 95.7 Å². The summed E-state index contributed by atoms with van der Waals surface area (Å²) in [6.45, 7) is -0.235. The summed E-state index contributed by atoms with van der Waals surface area (Å²) in [5.74, 6) is -1.53. The molecule has 0 saturated carbocycles. The summed E-state index contributed by atoms with van der Waals surface area (Å²) in [7, 11) is -2.64. The number of esters is 1. The van der Waals surface area contributed by atoms with Crippen molar-refractivity contribution < 1.29 is 27.1 Å². The van der Waals surface area contributed by atoms with Gasteiger partial charge in [0.15, 0.2) is 0 Å². The minimum atomic E-state index is -4.07. The number of halogens is 2. The van der Waals surface area contributed by atoms with E-state index in [0.29, 0.717) is 16.3 Å². The van der Waals surface area contributed by atoms with Crippen LogP contribution in [0.2, 0.25) is 5.02 Å². The lowest BCUT2D eigenvalue weighted by molar-refractivity contribution is 0.0464. The van der Waals surface area contributed by atoms with E-state index in [2.05, 4.69) is 0 Å². The third-order valence-electron chi connectivity index (χ3n) is 3.09. The number of primary sulfonamides is 1. The predicted molar refractivity (Wildman–Crippen MR) is 84.9 cm³/mol. The fourth-order valence-electron chi connectivity index (χ4n) is 1.92. The lowest BCUT2D eigenvalue weighted by Gasteiger charge is -2.10. The van der Waals surface area contributed by atoms with Crippen molar-refractivity contribution in [3.63, 3.8) is 0 Å². The van der Waals surface area contributed by atoms with Crippen LogP contribution < -0.4 is 9.88 Å². The Balaban J connectivity index is 2.24. The Morgan fingerprint density at radius 2 is 1.96 bits per heavy atom. The number of nitrogens with two attached hydrogens (primary N) is 1. The number of methoxy groups -OCH3 is 1. The minimum absolute atomic E-state index is 0.235. The Bertz CT molecular complexity index is 885. The number of hydrogen-bond donors (Lipinski definition) is 1. The lowest BCUT2D eigenvalue weighted by Crippen LogP contribution is -2.15. The summed E-state index contributed by atoms with van der Waals surface area (Å²) in [6, 6.07) is 7.33. The van der Waals surface area contributed by atoms with Crippen molar-refractivity contribution in [3.05, 3.63) is 58.4 Å². The van der Waals surface area contributed by atoms with Crippen molar-refractivity contribution >= 4 is 27.6 Å². The molecule has 0 amide bonds. The Morgan fingerprint density at radius 3 is 2.58 bits per heavy atom. The fraction of sp³-hybridized carbons (Fsp3) is 0.133. The van der Waals surface area contributed by atoms with Crippen molar-refractivity contribution in [3.8, 4) is 5.75 Å². The zero-order valence-corrected chi connectivity index (χ0v) is 14.0. The molecule has 24 heavy (non-hydrogen) atoms. The van der Waals surface area contributed by atoms with E-state index in [1.165, 1.54) is 13.2 Å². The van der Waals surface area contributed by atoms with E-state index in [4.69, 9.17) is 26.2 Å². The first-order chi connectivity index (χ1) is 11.2. The van der Waals surface area contributed by atoms with E-state index in [1.54, 1.807) is 12.1 Å². The van der Waals surface area contributed by atoms with Gasteiger partial charge in [-0.15, -0.1) is 0 Å². The Kier molecular flexibility index (Phi) is 5.43. The zero-order valence-electron chi connectivity index (χ0n) is 12.5. The normalized spacial score (nSPS) is 11.2. The molecule has 6 nitrogen and oxygen atoms in total. The number of hydrogen-bond acceptors (Lipinski definition) is 5. The molecule has 2 N–H and O–H groups in total. The molecule has 2 rings (SSSR count). The maximum absolute atomic E-state index is 13.8. The highest BCUT2D eigenvalue weighted by molar-refractivity contribution is 7.89. The molecule has 0 aliphatic rings. The third kappa shape index (κ3) is 4.22. The number of carbonyl (C=O) groups is 1. The van der Waals surface area contributed by atoms with Crippen LogP contribution in [-0.4, -0.2) is 21.5 Å². The van der Waals surface area contributed by atoms with Crippen molar-refractivity contribution in [2.75, 3.05) is 7.11 Å². The van der Waals surface area contributed by atoms with Crippen LogP contribution >= 0.6 is 11.6 Å². The van der Waals surface area contributed by atoms with Gasteiger partial charge < -0.3 is 9.47 Å². The summed E-state index contributed by atoms with van der Waals surface area (Å²) in [4.78, 5) is 11.6. The molecule has 0 heterocycles. The summed E-state index contributed by atoms with van der Waals surface area (Å²) < 4.78 is 46.5. The van der Waals surface area contributed by atoms with Gasteiger partial charge in [0.05, 0.1) is 17.6 Å². The molecule has 128 valence electrons. The largest absolute Gasteiger partial charge is 0.496 e. The van der Waals surface area contributed by atoms with Crippen LogP contribution in [0.25, 0.3) is 0 Å².